The van der Waals surface area contributed by atoms with Gasteiger partial charge in [-0.15, -0.1) is 0 Å². The van der Waals surface area contributed by atoms with Gasteiger partial charge < -0.3 is 20.3 Å². The first kappa shape index (κ1) is 21.1. The summed E-state index contributed by atoms with van der Waals surface area (Å²) in [5, 5.41) is 6.36. The van der Waals surface area contributed by atoms with Gasteiger partial charge in [0.05, 0.1) is 19.1 Å². The van der Waals surface area contributed by atoms with Gasteiger partial charge in [0, 0.05) is 31.2 Å². The zero-order valence-electron chi connectivity index (χ0n) is 16.3. The Bertz CT molecular complexity index is 810. The summed E-state index contributed by atoms with van der Waals surface area (Å²) in [4.78, 5) is 27.1. The fourth-order valence-electron chi connectivity index (χ4n) is 3.31. The van der Waals surface area contributed by atoms with E-state index in [0.717, 1.165) is 11.1 Å². The Balaban J connectivity index is 1.53. The lowest BCUT2D eigenvalue weighted by Crippen LogP contribution is -2.46. The highest BCUT2D eigenvalue weighted by molar-refractivity contribution is 6.30. The summed E-state index contributed by atoms with van der Waals surface area (Å²) in [6.45, 7) is 2.97. The number of amides is 3. The zero-order chi connectivity index (χ0) is 20.5. The summed E-state index contributed by atoms with van der Waals surface area (Å²) < 4.78 is 5.34. The molecule has 2 aromatic carbocycles. The van der Waals surface area contributed by atoms with Crippen molar-refractivity contribution in [3.63, 3.8) is 0 Å². The highest BCUT2D eigenvalue weighted by atomic mass is 35.5. The Morgan fingerprint density at radius 1 is 1.03 bits per heavy atom. The minimum Gasteiger partial charge on any atom is -0.378 e. The normalized spacial score (nSPS) is 14.9. The standard InChI is InChI=1S/C22H26ClN3O3/c23-19-8-4-5-17(15-19)9-10-24-22(28)25-16-20(18-6-2-1-3-7-18)21(27)26-11-13-29-14-12-26/h1-8,15,20H,9-14,16H2,(H2,24,25,28). The van der Waals surface area contributed by atoms with Crippen molar-refractivity contribution in [2.45, 2.75) is 12.3 Å². The number of ether oxygens (including phenoxy) is 1. The molecule has 6 nitrogen and oxygen atoms in total. The van der Waals surface area contributed by atoms with Crippen molar-refractivity contribution in [2.24, 2.45) is 0 Å². The third kappa shape index (κ3) is 6.48. The Morgan fingerprint density at radius 2 is 1.79 bits per heavy atom. The molecule has 0 bridgehead atoms. The molecule has 1 saturated heterocycles. The molecule has 3 rings (SSSR count). The molecule has 7 heteroatoms. The van der Waals surface area contributed by atoms with Crippen molar-refractivity contribution < 1.29 is 14.3 Å². The highest BCUT2D eigenvalue weighted by Crippen LogP contribution is 2.19. The quantitative estimate of drug-likeness (QED) is 0.730. The summed E-state index contributed by atoms with van der Waals surface area (Å²) in [7, 11) is 0. The van der Waals surface area contributed by atoms with Crippen molar-refractivity contribution in [2.75, 3.05) is 39.4 Å². The van der Waals surface area contributed by atoms with Gasteiger partial charge in [-0.2, -0.15) is 0 Å². The van der Waals surface area contributed by atoms with Crippen LogP contribution in [0.4, 0.5) is 4.79 Å². The molecule has 1 aliphatic heterocycles. The van der Waals surface area contributed by atoms with Gasteiger partial charge in [-0.3, -0.25) is 4.79 Å². The fourth-order valence-corrected chi connectivity index (χ4v) is 3.52. The summed E-state index contributed by atoms with van der Waals surface area (Å²) in [6.07, 6.45) is 0.683. The smallest absolute Gasteiger partial charge is 0.314 e. The summed E-state index contributed by atoms with van der Waals surface area (Å²) in [6, 6.07) is 16.8. The lowest BCUT2D eigenvalue weighted by molar-refractivity contribution is -0.136. The van der Waals surface area contributed by atoms with Gasteiger partial charge in [-0.1, -0.05) is 54.1 Å². The number of carbonyl (C=O) groups is 2. The molecule has 29 heavy (non-hydrogen) atoms. The van der Waals surface area contributed by atoms with Crippen LogP contribution in [0.1, 0.15) is 17.0 Å². The van der Waals surface area contributed by atoms with Gasteiger partial charge in [0.25, 0.3) is 0 Å². The van der Waals surface area contributed by atoms with Gasteiger partial charge in [0.2, 0.25) is 5.91 Å². The van der Waals surface area contributed by atoms with Crippen LogP contribution in [0.3, 0.4) is 0 Å². The molecular formula is C22H26ClN3O3. The van der Waals surface area contributed by atoms with E-state index < -0.39 is 5.92 Å². The number of hydrogen-bond donors (Lipinski definition) is 2. The van der Waals surface area contributed by atoms with Crippen LogP contribution >= 0.6 is 11.6 Å². The molecule has 0 saturated carbocycles. The summed E-state index contributed by atoms with van der Waals surface area (Å²) in [5.41, 5.74) is 1.95. The van der Waals surface area contributed by atoms with Crippen LogP contribution in [0, 0.1) is 0 Å². The maximum Gasteiger partial charge on any atom is 0.314 e. The maximum absolute atomic E-state index is 13.0. The molecule has 1 atom stereocenters. The molecule has 1 heterocycles. The number of halogens is 1. The van der Waals surface area contributed by atoms with Gasteiger partial charge in [-0.25, -0.2) is 4.79 Å². The Morgan fingerprint density at radius 3 is 2.52 bits per heavy atom. The minimum absolute atomic E-state index is 0.0127. The predicted octanol–water partition coefficient (Wildman–Crippen LogP) is 2.82. The van der Waals surface area contributed by atoms with Crippen molar-refractivity contribution in [1.82, 2.24) is 15.5 Å². The van der Waals surface area contributed by atoms with Crippen LogP contribution in [0.5, 0.6) is 0 Å². The largest absolute Gasteiger partial charge is 0.378 e. The van der Waals surface area contributed by atoms with E-state index in [0.29, 0.717) is 44.3 Å². The van der Waals surface area contributed by atoms with Crippen LogP contribution in [-0.2, 0) is 16.0 Å². The molecule has 154 valence electrons. The summed E-state index contributed by atoms with van der Waals surface area (Å²) in [5.74, 6) is -0.410. The van der Waals surface area contributed by atoms with Crippen molar-refractivity contribution in [3.8, 4) is 0 Å². The Kier molecular flexibility index (Phi) is 7.90. The molecule has 2 N–H and O–H groups in total. The minimum atomic E-state index is -0.423. The first-order valence-electron chi connectivity index (χ1n) is 9.81. The third-order valence-electron chi connectivity index (χ3n) is 4.88. The molecule has 0 spiro atoms. The average molecular weight is 416 g/mol. The van der Waals surface area contributed by atoms with Crippen LogP contribution in [0.15, 0.2) is 54.6 Å². The van der Waals surface area contributed by atoms with E-state index in [9.17, 15) is 9.59 Å². The van der Waals surface area contributed by atoms with E-state index in [-0.39, 0.29) is 18.5 Å². The van der Waals surface area contributed by atoms with Crippen LogP contribution in [0.25, 0.3) is 0 Å². The van der Waals surface area contributed by atoms with Crippen LogP contribution < -0.4 is 10.6 Å². The van der Waals surface area contributed by atoms with Crippen molar-refractivity contribution in [1.29, 1.82) is 0 Å². The van der Waals surface area contributed by atoms with Crippen LogP contribution in [0.2, 0.25) is 5.02 Å². The lowest BCUT2D eigenvalue weighted by Gasteiger charge is -2.30. The third-order valence-corrected chi connectivity index (χ3v) is 5.11. The van der Waals surface area contributed by atoms with Gasteiger partial charge in [0.1, 0.15) is 0 Å². The second-order valence-corrected chi connectivity index (χ2v) is 7.35. The number of carbonyl (C=O) groups excluding carboxylic acids is 2. The number of urea groups is 1. The number of benzene rings is 2. The second kappa shape index (κ2) is 10.8. The Hall–Kier alpha value is -2.57. The first-order chi connectivity index (χ1) is 14.1. The molecule has 1 aliphatic rings. The first-order valence-corrected chi connectivity index (χ1v) is 10.2. The van der Waals surface area contributed by atoms with Crippen LogP contribution in [-0.4, -0.2) is 56.2 Å². The monoisotopic (exact) mass is 415 g/mol. The Labute approximate surface area is 176 Å². The molecule has 2 aromatic rings. The second-order valence-electron chi connectivity index (χ2n) is 6.92. The summed E-state index contributed by atoms with van der Waals surface area (Å²) >= 11 is 5.98. The van der Waals surface area contributed by atoms with Crippen molar-refractivity contribution in [3.05, 3.63) is 70.7 Å². The molecule has 0 aromatic heterocycles. The van der Waals surface area contributed by atoms with Gasteiger partial charge in [0.15, 0.2) is 0 Å². The zero-order valence-corrected chi connectivity index (χ0v) is 17.0. The SMILES string of the molecule is O=C(NCCc1cccc(Cl)c1)NCC(C(=O)N1CCOCC1)c1ccccc1. The molecule has 3 amide bonds. The van der Waals surface area contributed by atoms with E-state index in [1.54, 1.807) is 4.90 Å². The molecule has 1 fully saturated rings. The predicted molar refractivity (Wildman–Crippen MR) is 113 cm³/mol. The van der Waals surface area contributed by atoms with E-state index in [2.05, 4.69) is 10.6 Å². The molecule has 0 aliphatic carbocycles. The number of nitrogens with one attached hydrogen (secondary N) is 2. The van der Waals surface area contributed by atoms with E-state index in [1.165, 1.54) is 0 Å². The molecule has 0 radical (unpaired) electrons. The van der Waals surface area contributed by atoms with Gasteiger partial charge in [-0.05, 0) is 29.7 Å². The molecular weight excluding hydrogens is 390 g/mol. The highest BCUT2D eigenvalue weighted by Gasteiger charge is 2.27. The van der Waals surface area contributed by atoms with Crippen molar-refractivity contribution >= 4 is 23.5 Å². The topological polar surface area (TPSA) is 70.7 Å². The number of morpholine rings is 1. The van der Waals surface area contributed by atoms with Gasteiger partial charge >= 0.3 is 6.03 Å². The molecule has 1 unspecified atom stereocenters. The fraction of sp³-hybridized carbons (Fsp3) is 0.364. The lowest BCUT2D eigenvalue weighted by atomic mass is 9.97. The van der Waals surface area contributed by atoms with E-state index in [4.69, 9.17) is 16.3 Å². The van der Waals surface area contributed by atoms with E-state index in [1.807, 2.05) is 54.6 Å². The van der Waals surface area contributed by atoms with E-state index >= 15 is 0 Å². The number of rotatable bonds is 7. The maximum atomic E-state index is 13.0. The average Bonchev–Trinajstić information content (AvgIpc) is 2.75. The number of hydrogen-bond acceptors (Lipinski definition) is 3. The number of nitrogens with zero attached hydrogens (tertiary/aromatic N) is 1.